The molecule has 0 spiro atoms. The summed E-state index contributed by atoms with van der Waals surface area (Å²) in [5.74, 6) is -0.213. The summed E-state index contributed by atoms with van der Waals surface area (Å²) >= 11 is 0. The van der Waals surface area contributed by atoms with Gasteiger partial charge in [-0.25, -0.2) is 13.1 Å². The number of halogens is 3. The van der Waals surface area contributed by atoms with Gasteiger partial charge in [0.1, 0.15) is 0 Å². The highest BCUT2D eigenvalue weighted by Gasteiger charge is 2.39. The highest BCUT2D eigenvalue weighted by molar-refractivity contribution is 7.89. The minimum atomic E-state index is -4.54. The molecule has 180 valence electrons. The second-order valence-corrected chi connectivity index (χ2v) is 10.3. The molecule has 1 aliphatic carbocycles. The van der Waals surface area contributed by atoms with Gasteiger partial charge in [0.05, 0.1) is 23.1 Å². The summed E-state index contributed by atoms with van der Waals surface area (Å²) in [6.45, 7) is 1.56. The van der Waals surface area contributed by atoms with Crippen LogP contribution >= 0.6 is 0 Å². The molecule has 0 bridgehead atoms. The molecule has 1 atom stereocenters. The Hall–Kier alpha value is -2.43. The molecule has 10 heteroatoms. The predicted molar refractivity (Wildman–Crippen MR) is 117 cm³/mol. The molecule has 1 amide bonds. The van der Waals surface area contributed by atoms with Gasteiger partial charge in [0, 0.05) is 11.5 Å². The average molecular weight is 485 g/mol. The Bertz CT molecular complexity index is 1050. The summed E-state index contributed by atoms with van der Waals surface area (Å²) in [6, 6.07) is 11.5. The van der Waals surface area contributed by atoms with E-state index in [0.29, 0.717) is 25.7 Å². The first-order chi connectivity index (χ1) is 15.4. The van der Waals surface area contributed by atoms with E-state index in [-0.39, 0.29) is 17.4 Å². The Kier molecular flexibility index (Phi) is 7.50. The van der Waals surface area contributed by atoms with Crippen molar-refractivity contribution in [1.29, 1.82) is 0 Å². The monoisotopic (exact) mass is 484 g/mol. The van der Waals surface area contributed by atoms with Crippen molar-refractivity contribution in [2.24, 2.45) is 5.41 Å². The number of hydrogen-bond acceptors (Lipinski definition) is 4. The standard InChI is InChI=1S/C23H27F3N2O4S/c1-22(21(30)27-20(15-29)16-5-3-2-4-6-16)13-11-18(12-14-22)28-33(31,32)19-9-7-17(8-10-19)23(24,25)26/h2-10,18,20,28-29H,11-15H2,1H3,(H,27,30)/t18-,20-,22-/m1/s1. The molecule has 1 fully saturated rings. The number of hydrogen-bond donors (Lipinski definition) is 3. The highest BCUT2D eigenvalue weighted by Crippen LogP contribution is 2.37. The number of aliphatic hydroxyl groups excluding tert-OH is 1. The number of alkyl halides is 3. The molecule has 0 saturated heterocycles. The molecule has 3 rings (SSSR count). The number of rotatable bonds is 7. The van der Waals surface area contributed by atoms with E-state index in [1.54, 1.807) is 0 Å². The summed E-state index contributed by atoms with van der Waals surface area (Å²) in [5.41, 5.74) is -0.856. The van der Waals surface area contributed by atoms with Crippen molar-refractivity contribution in [2.45, 2.75) is 55.8 Å². The van der Waals surface area contributed by atoms with Crippen LogP contribution < -0.4 is 10.0 Å². The Labute approximate surface area is 191 Å². The Balaban J connectivity index is 1.59. The normalized spacial score (nSPS) is 22.5. The quantitative estimate of drug-likeness (QED) is 0.557. The van der Waals surface area contributed by atoms with Gasteiger partial charge in [0.15, 0.2) is 0 Å². The van der Waals surface area contributed by atoms with Crippen molar-refractivity contribution >= 4 is 15.9 Å². The highest BCUT2D eigenvalue weighted by atomic mass is 32.2. The zero-order valence-electron chi connectivity index (χ0n) is 18.1. The van der Waals surface area contributed by atoms with Crippen molar-refractivity contribution in [2.75, 3.05) is 6.61 Å². The molecule has 0 unspecified atom stereocenters. The maximum absolute atomic E-state index is 12.9. The van der Waals surface area contributed by atoms with Gasteiger partial charge in [-0.15, -0.1) is 0 Å². The SMILES string of the molecule is C[C@]1(C(=O)N[C@H](CO)c2ccccc2)CC[C@H](NS(=O)(=O)c2ccc(C(F)(F)F)cc2)CC1. The summed E-state index contributed by atoms with van der Waals surface area (Å²) in [6.07, 6.45) is -2.89. The molecule has 2 aromatic rings. The first-order valence-corrected chi connectivity index (χ1v) is 12.1. The molecular formula is C23H27F3N2O4S. The lowest BCUT2D eigenvalue weighted by atomic mass is 9.73. The number of amides is 1. The number of sulfonamides is 1. The molecule has 3 N–H and O–H groups in total. The van der Waals surface area contributed by atoms with Gasteiger partial charge < -0.3 is 10.4 Å². The number of carbonyl (C=O) groups excluding carboxylic acids is 1. The van der Waals surface area contributed by atoms with E-state index >= 15 is 0 Å². The van der Waals surface area contributed by atoms with E-state index in [1.165, 1.54) is 0 Å². The van der Waals surface area contributed by atoms with Crippen LogP contribution in [0.5, 0.6) is 0 Å². The zero-order chi connectivity index (χ0) is 24.3. The van der Waals surface area contributed by atoms with Crippen molar-refractivity contribution in [3.63, 3.8) is 0 Å². The van der Waals surface area contributed by atoms with Crippen LogP contribution in [0.4, 0.5) is 13.2 Å². The minimum absolute atomic E-state index is 0.213. The van der Waals surface area contributed by atoms with Crippen molar-refractivity contribution in [1.82, 2.24) is 10.0 Å². The number of carbonyl (C=O) groups is 1. The summed E-state index contributed by atoms with van der Waals surface area (Å²) in [4.78, 5) is 12.7. The van der Waals surface area contributed by atoms with Gasteiger partial charge in [-0.1, -0.05) is 37.3 Å². The molecular weight excluding hydrogens is 457 g/mol. The molecule has 0 radical (unpaired) electrons. The van der Waals surface area contributed by atoms with Crippen molar-refractivity contribution < 1.29 is 31.5 Å². The number of aliphatic hydroxyl groups is 1. The van der Waals surface area contributed by atoms with E-state index in [2.05, 4.69) is 10.0 Å². The van der Waals surface area contributed by atoms with E-state index in [0.717, 1.165) is 29.8 Å². The number of benzene rings is 2. The molecule has 6 nitrogen and oxygen atoms in total. The molecule has 0 heterocycles. The van der Waals surface area contributed by atoms with Crippen LogP contribution in [0.25, 0.3) is 0 Å². The molecule has 0 aliphatic heterocycles. The Morgan fingerprint density at radius 1 is 1.09 bits per heavy atom. The Morgan fingerprint density at radius 2 is 1.67 bits per heavy atom. The molecule has 1 aliphatic rings. The second kappa shape index (κ2) is 9.82. The fraction of sp³-hybridized carbons (Fsp3) is 0.435. The van der Waals surface area contributed by atoms with Crippen molar-refractivity contribution in [3.05, 3.63) is 65.7 Å². The van der Waals surface area contributed by atoms with E-state index in [1.807, 2.05) is 37.3 Å². The van der Waals surface area contributed by atoms with Crippen LogP contribution in [0.1, 0.15) is 49.8 Å². The fourth-order valence-corrected chi connectivity index (χ4v) is 5.27. The van der Waals surface area contributed by atoms with Crippen LogP contribution in [-0.2, 0) is 21.0 Å². The van der Waals surface area contributed by atoms with Gasteiger partial charge in [0.25, 0.3) is 0 Å². The zero-order valence-corrected chi connectivity index (χ0v) is 18.9. The molecule has 2 aromatic carbocycles. The smallest absolute Gasteiger partial charge is 0.394 e. The van der Waals surface area contributed by atoms with Crippen LogP contribution in [-0.4, -0.2) is 32.1 Å². The van der Waals surface area contributed by atoms with Crippen LogP contribution in [0, 0.1) is 5.41 Å². The molecule has 1 saturated carbocycles. The van der Waals surface area contributed by atoms with Crippen molar-refractivity contribution in [3.8, 4) is 0 Å². The Morgan fingerprint density at radius 3 is 2.18 bits per heavy atom. The summed E-state index contributed by atoms with van der Waals surface area (Å²) < 4.78 is 65.9. The van der Waals surface area contributed by atoms with E-state index < -0.39 is 39.3 Å². The number of nitrogens with one attached hydrogen (secondary N) is 2. The van der Waals surface area contributed by atoms with Crippen LogP contribution in [0.15, 0.2) is 59.5 Å². The summed E-state index contributed by atoms with van der Waals surface area (Å²) in [5, 5.41) is 12.6. The van der Waals surface area contributed by atoms with Gasteiger partial charge >= 0.3 is 6.18 Å². The third kappa shape index (κ3) is 6.13. The van der Waals surface area contributed by atoms with E-state index in [9.17, 15) is 31.5 Å². The lowest BCUT2D eigenvalue weighted by Crippen LogP contribution is -2.47. The molecule has 0 aromatic heterocycles. The third-order valence-electron chi connectivity index (χ3n) is 6.14. The largest absolute Gasteiger partial charge is 0.416 e. The summed E-state index contributed by atoms with van der Waals surface area (Å²) in [7, 11) is -3.99. The third-order valence-corrected chi connectivity index (χ3v) is 7.68. The van der Waals surface area contributed by atoms with E-state index in [4.69, 9.17) is 0 Å². The molecule has 33 heavy (non-hydrogen) atoms. The lowest BCUT2D eigenvalue weighted by Gasteiger charge is -2.37. The van der Waals surface area contributed by atoms with Gasteiger partial charge in [0.2, 0.25) is 15.9 Å². The second-order valence-electron chi connectivity index (χ2n) is 8.60. The van der Waals surface area contributed by atoms with Gasteiger partial charge in [-0.05, 0) is 55.5 Å². The fourth-order valence-electron chi connectivity index (χ4n) is 3.96. The maximum atomic E-state index is 12.9. The first-order valence-electron chi connectivity index (χ1n) is 10.6. The van der Waals surface area contributed by atoms with Crippen LogP contribution in [0.2, 0.25) is 0 Å². The first kappa shape index (κ1) is 25.2. The topological polar surface area (TPSA) is 95.5 Å². The maximum Gasteiger partial charge on any atom is 0.416 e. The van der Waals surface area contributed by atoms with Gasteiger partial charge in [-0.2, -0.15) is 13.2 Å². The van der Waals surface area contributed by atoms with Gasteiger partial charge in [-0.3, -0.25) is 4.79 Å². The average Bonchev–Trinajstić information content (AvgIpc) is 2.79. The minimum Gasteiger partial charge on any atom is -0.394 e. The lowest BCUT2D eigenvalue weighted by molar-refractivity contribution is -0.137. The predicted octanol–water partition coefficient (Wildman–Crippen LogP) is 3.78. The van der Waals surface area contributed by atoms with Crippen LogP contribution in [0.3, 0.4) is 0 Å².